The number of nitrogens with two attached hydrogens (primary N) is 2. The van der Waals surface area contributed by atoms with Crippen LogP contribution < -0.4 is 11.5 Å². The Hall–Kier alpha value is -4.28. The molecule has 32 heavy (non-hydrogen) atoms. The zero-order valence-corrected chi connectivity index (χ0v) is 17.0. The van der Waals surface area contributed by atoms with E-state index in [0.29, 0.717) is 24.5 Å². The SMILES string of the molecule is NC(=O)c1ncn2c(-c3ccco3)cc(C(=O)N3CCCC(c4ccnc(N)n4)C3)nc12. The molecule has 1 aliphatic heterocycles. The Morgan fingerprint density at radius 1 is 1.19 bits per heavy atom. The third kappa shape index (κ3) is 3.43. The van der Waals surface area contributed by atoms with Crippen LogP contribution >= 0.6 is 0 Å². The van der Waals surface area contributed by atoms with E-state index in [1.54, 1.807) is 33.7 Å². The quantitative estimate of drug-likeness (QED) is 0.490. The highest BCUT2D eigenvalue weighted by atomic mass is 16.3. The molecule has 4 N–H and O–H groups in total. The number of fused-ring (bicyclic) bond motifs is 1. The summed E-state index contributed by atoms with van der Waals surface area (Å²) in [6.07, 6.45) is 6.28. The number of anilines is 1. The van der Waals surface area contributed by atoms with Crippen LogP contribution in [0.1, 0.15) is 45.4 Å². The first-order valence-corrected chi connectivity index (χ1v) is 10.1. The van der Waals surface area contributed by atoms with Gasteiger partial charge < -0.3 is 20.8 Å². The number of likely N-dealkylation sites (tertiary alicyclic amines) is 1. The van der Waals surface area contributed by atoms with Crippen molar-refractivity contribution in [1.29, 1.82) is 0 Å². The van der Waals surface area contributed by atoms with Gasteiger partial charge in [-0.05, 0) is 37.1 Å². The van der Waals surface area contributed by atoms with E-state index in [0.717, 1.165) is 18.5 Å². The maximum atomic E-state index is 13.4. The topological polar surface area (TPSA) is 159 Å². The molecule has 0 aromatic carbocycles. The van der Waals surface area contributed by atoms with Crippen molar-refractivity contribution in [3.05, 3.63) is 60.1 Å². The van der Waals surface area contributed by atoms with Gasteiger partial charge in [0, 0.05) is 25.2 Å². The van der Waals surface area contributed by atoms with Crippen LogP contribution in [-0.2, 0) is 0 Å². The number of primary amides is 1. The lowest BCUT2D eigenvalue weighted by molar-refractivity contribution is 0.0700. The molecule has 0 spiro atoms. The fraction of sp³-hybridized carbons (Fsp3) is 0.238. The highest BCUT2D eigenvalue weighted by Crippen LogP contribution is 2.28. The number of nitrogen functional groups attached to an aromatic ring is 1. The number of piperidine rings is 1. The minimum absolute atomic E-state index is 0.0135. The molecule has 0 aliphatic carbocycles. The maximum Gasteiger partial charge on any atom is 0.272 e. The van der Waals surface area contributed by atoms with Crippen LogP contribution in [-0.4, -0.2) is 54.1 Å². The summed E-state index contributed by atoms with van der Waals surface area (Å²) in [7, 11) is 0. The number of furan rings is 1. The zero-order chi connectivity index (χ0) is 22.2. The number of imidazole rings is 1. The lowest BCUT2D eigenvalue weighted by Gasteiger charge is -2.32. The predicted octanol–water partition coefficient (Wildman–Crippen LogP) is 1.48. The highest BCUT2D eigenvalue weighted by molar-refractivity contribution is 5.99. The van der Waals surface area contributed by atoms with Crippen LogP contribution in [0.5, 0.6) is 0 Å². The minimum atomic E-state index is -0.727. The van der Waals surface area contributed by atoms with Crippen LogP contribution in [0.2, 0.25) is 0 Å². The molecule has 11 nitrogen and oxygen atoms in total. The highest BCUT2D eigenvalue weighted by Gasteiger charge is 2.29. The predicted molar refractivity (Wildman–Crippen MR) is 114 cm³/mol. The third-order valence-electron chi connectivity index (χ3n) is 5.55. The molecule has 11 heteroatoms. The van der Waals surface area contributed by atoms with E-state index >= 15 is 0 Å². The maximum absolute atomic E-state index is 13.4. The van der Waals surface area contributed by atoms with Crippen molar-refractivity contribution >= 4 is 23.4 Å². The fourth-order valence-electron chi connectivity index (χ4n) is 4.05. The Kier molecular flexibility index (Phi) is 4.77. The van der Waals surface area contributed by atoms with Gasteiger partial charge in [-0.2, -0.15) is 0 Å². The van der Waals surface area contributed by atoms with Crippen LogP contribution in [0.25, 0.3) is 17.1 Å². The average molecular weight is 432 g/mol. The van der Waals surface area contributed by atoms with E-state index in [2.05, 4.69) is 19.9 Å². The fourth-order valence-corrected chi connectivity index (χ4v) is 4.05. The van der Waals surface area contributed by atoms with Crippen LogP contribution in [0.3, 0.4) is 0 Å². The number of aromatic nitrogens is 5. The van der Waals surface area contributed by atoms with Gasteiger partial charge in [0.15, 0.2) is 17.1 Å². The Balaban J connectivity index is 1.53. The number of carbonyl (C=O) groups is 2. The number of hydrogen-bond acceptors (Lipinski definition) is 8. The third-order valence-corrected chi connectivity index (χ3v) is 5.55. The Morgan fingerprint density at radius 2 is 2.06 bits per heavy atom. The number of rotatable bonds is 4. The second-order valence-electron chi connectivity index (χ2n) is 7.58. The summed E-state index contributed by atoms with van der Waals surface area (Å²) in [5, 5.41) is 0. The monoisotopic (exact) mass is 432 g/mol. The standard InChI is InChI=1S/C21H20N8O3/c22-18(30)17-19-26-14(9-15(29(19)11-25-17)16-4-2-8-32-16)20(31)28-7-1-3-12(10-28)13-5-6-24-21(23)27-13/h2,4-6,8-9,11-12H,1,3,7,10H2,(H2,22,30)(H2,23,24,27). The molecule has 5 rings (SSSR count). The van der Waals surface area contributed by atoms with Crippen LogP contribution in [0, 0.1) is 0 Å². The van der Waals surface area contributed by atoms with Crippen molar-refractivity contribution in [1.82, 2.24) is 29.2 Å². The second-order valence-corrected chi connectivity index (χ2v) is 7.58. The summed E-state index contributed by atoms with van der Waals surface area (Å²) < 4.78 is 7.10. The molecule has 0 bridgehead atoms. The van der Waals surface area contributed by atoms with Crippen molar-refractivity contribution in [3.8, 4) is 11.5 Å². The normalized spacial score (nSPS) is 16.4. The summed E-state index contributed by atoms with van der Waals surface area (Å²) in [6, 6.07) is 6.94. The van der Waals surface area contributed by atoms with E-state index in [1.807, 2.05) is 6.07 Å². The van der Waals surface area contributed by atoms with Gasteiger partial charge >= 0.3 is 0 Å². The van der Waals surface area contributed by atoms with E-state index in [9.17, 15) is 9.59 Å². The number of hydrogen-bond donors (Lipinski definition) is 2. The molecule has 4 aromatic heterocycles. The summed E-state index contributed by atoms with van der Waals surface area (Å²) >= 11 is 0. The number of carbonyl (C=O) groups excluding carboxylic acids is 2. The molecule has 0 saturated carbocycles. The van der Waals surface area contributed by atoms with Gasteiger partial charge in [-0.1, -0.05) is 0 Å². The molecule has 1 fully saturated rings. The molecule has 0 radical (unpaired) electrons. The van der Waals surface area contributed by atoms with E-state index in [1.165, 1.54) is 12.6 Å². The first-order chi connectivity index (χ1) is 15.5. The van der Waals surface area contributed by atoms with Crippen LogP contribution in [0.15, 0.2) is 47.5 Å². The average Bonchev–Trinajstić information content (AvgIpc) is 3.48. The molecule has 1 saturated heterocycles. The van der Waals surface area contributed by atoms with Gasteiger partial charge in [0.25, 0.3) is 11.8 Å². The van der Waals surface area contributed by atoms with Crippen LogP contribution in [0.4, 0.5) is 5.95 Å². The number of amides is 2. The molecule has 5 heterocycles. The molecule has 4 aromatic rings. The van der Waals surface area contributed by atoms with Gasteiger partial charge in [0.05, 0.1) is 17.7 Å². The Morgan fingerprint density at radius 3 is 2.81 bits per heavy atom. The van der Waals surface area contributed by atoms with Gasteiger partial charge in [0.1, 0.15) is 12.0 Å². The second kappa shape index (κ2) is 7.76. The molecular weight excluding hydrogens is 412 g/mol. The van der Waals surface area contributed by atoms with Crippen molar-refractivity contribution in [2.24, 2.45) is 5.73 Å². The first-order valence-electron chi connectivity index (χ1n) is 10.1. The van der Waals surface area contributed by atoms with E-state index in [-0.39, 0.29) is 34.8 Å². The summed E-state index contributed by atoms with van der Waals surface area (Å²) in [6.45, 7) is 1.06. The molecular formula is C21H20N8O3. The summed E-state index contributed by atoms with van der Waals surface area (Å²) in [4.78, 5) is 43.8. The number of nitrogens with zero attached hydrogens (tertiary/aromatic N) is 6. The lowest BCUT2D eigenvalue weighted by atomic mass is 9.94. The van der Waals surface area contributed by atoms with Crippen molar-refractivity contribution in [2.45, 2.75) is 18.8 Å². The van der Waals surface area contributed by atoms with Gasteiger partial charge in [-0.3, -0.25) is 14.0 Å². The smallest absolute Gasteiger partial charge is 0.272 e. The van der Waals surface area contributed by atoms with Crippen molar-refractivity contribution < 1.29 is 14.0 Å². The minimum Gasteiger partial charge on any atom is -0.463 e. The molecule has 162 valence electrons. The summed E-state index contributed by atoms with van der Waals surface area (Å²) in [5.74, 6) is -0.228. The van der Waals surface area contributed by atoms with E-state index in [4.69, 9.17) is 15.9 Å². The molecule has 1 unspecified atom stereocenters. The molecule has 2 amide bonds. The van der Waals surface area contributed by atoms with Gasteiger partial charge in [-0.15, -0.1) is 0 Å². The summed E-state index contributed by atoms with van der Waals surface area (Å²) in [5.41, 5.74) is 12.9. The van der Waals surface area contributed by atoms with Gasteiger partial charge in [-0.25, -0.2) is 19.9 Å². The van der Waals surface area contributed by atoms with Gasteiger partial charge in [0.2, 0.25) is 5.95 Å². The van der Waals surface area contributed by atoms with Crippen molar-refractivity contribution in [3.63, 3.8) is 0 Å². The largest absolute Gasteiger partial charge is 0.463 e. The Labute approximate surface area is 182 Å². The zero-order valence-electron chi connectivity index (χ0n) is 17.0. The van der Waals surface area contributed by atoms with E-state index < -0.39 is 5.91 Å². The Bertz CT molecular complexity index is 1310. The first kappa shape index (κ1) is 19.7. The lowest BCUT2D eigenvalue weighted by Crippen LogP contribution is -2.39. The molecule has 1 atom stereocenters. The molecule has 1 aliphatic rings. The van der Waals surface area contributed by atoms with Crippen molar-refractivity contribution in [2.75, 3.05) is 18.8 Å².